The van der Waals surface area contributed by atoms with E-state index in [1.807, 2.05) is 30.3 Å². The van der Waals surface area contributed by atoms with Crippen molar-refractivity contribution in [2.75, 3.05) is 38.5 Å². The Hall–Kier alpha value is -1.46. The van der Waals surface area contributed by atoms with Crippen LogP contribution in [0.1, 0.15) is 5.56 Å². The molecular formula is C18H17Cl3N4. The van der Waals surface area contributed by atoms with Gasteiger partial charge in [-0.05, 0) is 25.2 Å². The van der Waals surface area contributed by atoms with Crippen molar-refractivity contribution in [3.63, 3.8) is 0 Å². The van der Waals surface area contributed by atoms with Gasteiger partial charge in [0.05, 0.1) is 37.7 Å². The third-order valence-corrected chi connectivity index (χ3v) is 5.85. The van der Waals surface area contributed by atoms with Gasteiger partial charge in [0.2, 0.25) is 0 Å². The number of anilines is 2. The van der Waals surface area contributed by atoms with Crippen molar-refractivity contribution >= 4 is 57.7 Å². The molecule has 130 valence electrons. The van der Waals surface area contributed by atoms with Crippen LogP contribution in [-0.2, 0) is 0 Å². The third kappa shape index (κ3) is 3.08. The number of nitrogens with one attached hydrogen (secondary N) is 1. The molecule has 4 nitrogen and oxygen atoms in total. The molecule has 0 unspecified atom stereocenters. The zero-order valence-electron chi connectivity index (χ0n) is 13.7. The van der Waals surface area contributed by atoms with Gasteiger partial charge in [-0.3, -0.25) is 0 Å². The van der Waals surface area contributed by atoms with Crippen molar-refractivity contribution in [3.8, 4) is 0 Å². The number of fused-ring (bicyclic) bond motifs is 2. The summed E-state index contributed by atoms with van der Waals surface area (Å²) in [6.07, 6.45) is 0. The predicted octanol–water partition coefficient (Wildman–Crippen LogP) is 5.03. The van der Waals surface area contributed by atoms with Crippen molar-refractivity contribution < 1.29 is 0 Å². The predicted molar refractivity (Wildman–Crippen MR) is 106 cm³/mol. The molecule has 0 atom stereocenters. The molecule has 0 aromatic heterocycles. The van der Waals surface area contributed by atoms with Gasteiger partial charge in [0.25, 0.3) is 0 Å². The summed E-state index contributed by atoms with van der Waals surface area (Å²) < 4.78 is 0. The van der Waals surface area contributed by atoms with Crippen molar-refractivity contribution in [3.05, 3.63) is 51.0 Å². The molecule has 0 radical (unpaired) electrons. The van der Waals surface area contributed by atoms with Gasteiger partial charge in [-0.1, -0.05) is 46.9 Å². The zero-order chi connectivity index (χ0) is 17.6. The number of piperazine rings is 1. The molecule has 2 aromatic carbocycles. The smallest absolute Gasteiger partial charge is 0.140 e. The summed E-state index contributed by atoms with van der Waals surface area (Å²) in [5.74, 6) is 0.837. The van der Waals surface area contributed by atoms with Crippen LogP contribution < -0.4 is 5.32 Å². The van der Waals surface area contributed by atoms with Crippen molar-refractivity contribution in [1.29, 1.82) is 0 Å². The Bertz CT molecular complexity index is 858. The van der Waals surface area contributed by atoms with Crippen LogP contribution in [0.3, 0.4) is 0 Å². The topological polar surface area (TPSA) is 30.9 Å². The molecule has 0 amide bonds. The average Bonchev–Trinajstić information content (AvgIpc) is 2.77. The second-order valence-electron chi connectivity index (χ2n) is 6.28. The fraction of sp³-hybridized carbons (Fsp3) is 0.278. The van der Waals surface area contributed by atoms with Crippen LogP contribution in [0.5, 0.6) is 0 Å². The van der Waals surface area contributed by atoms with E-state index in [1.165, 1.54) is 0 Å². The Morgan fingerprint density at radius 2 is 1.68 bits per heavy atom. The van der Waals surface area contributed by atoms with E-state index >= 15 is 0 Å². The van der Waals surface area contributed by atoms with Gasteiger partial charge >= 0.3 is 0 Å². The summed E-state index contributed by atoms with van der Waals surface area (Å²) >= 11 is 19.2. The first-order chi connectivity index (χ1) is 12.0. The van der Waals surface area contributed by atoms with Crippen LogP contribution in [-0.4, -0.2) is 48.9 Å². The summed E-state index contributed by atoms with van der Waals surface area (Å²) in [5, 5.41) is 4.63. The Morgan fingerprint density at radius 1 is 0.960 bits per heavy atom. The highest BCUT2D eigenvalue weighted by Gasteiger charge is 2.28. The lowest BCUT2D eigenvalue weighted by Crippen LogP contribution is -2.47. The van der Waals surface area contributed by atoms with Gasteiger partial charge in [0.1, 0.15) is 5.84 Å². The summed E-state index contributed by atoms with van der Waals surface area (Å²) in [4.78, 5) is 9.50. The molecule has 2 aliphatic rings. The number of hydrogen-bond acceptors (Lipinski definition) is 4. The fourth-order valence-corrected chi connectivity index (χ4v) is 3.84. The van der Waals surface area contributed by atoms with Gasteiger partial charge in [-0.25, -0.2) is 4.99 Å². The Morgan fingerprint density at radius 3 is 2.44 bits per heavy atom. The molecule has 0 spiro atoms. The molecule has 25 heavy (non-hydrogen) atoms. The normalized spacial score (nSPS) is 17.3. The number of hydrogen-bond donors (Lipinski definition) is 1. The maximum atomic E-state index is 6.60. The molecule has 1 N–H and O–H groups in total. The number of halogens is 3. The van der Waals surface area contributed by atoms with Crippen LogP contribution in [0.4, 0.5) is 17.1 Å². The zero-order valence-corrected chi connectivity index (χ0v) is 16.0. The molecule has 2 heterocycles. The molecule has 0 aliphatic carbocycles. The number of likely N-dealkylation sites (N-methyl/N-ethyl adjacent to an activating group) is 1. The Balaban J connectivity index is 1.91. The van der Waals surface area contributed by atoms with Crippen molar-refractivity contribution in [1.82, 2.24) is 9.80 Å². The van der Waals surface area contributed by atoms with E-state index in [1.54, 1.807) is 0 Å². The lowest BCUT2D eigenvalue weighted by atomic mass is 10.1. The van der Waals surface area contributed by atoms with Crippen LogP contribution in [0.25, 0.3) is 0 Å². The lowest BCUT2D eigenvalue weighted by Gasteiger charge is -2.35. The highest BCUT2D eigenvalue weighted by atomic mass is 35.5. The average molecular weight is 396 g/mol. The standard InChI is InChI=1S/C18H17Cl3N4/c1-24-6-8-25(9-7-24)18-15-14(10-11(19)16(20)17(15)21)22-12-4-2-3-5-13(12)23-18/h2-5,10,22H,6-9H2,1H3. The molecule has 0 saturated carbocycles. The second kappa shape index (κ2) is 6.69. The molecule has 0 bridgehead atoms. The molecule has 1 fully saturated rings. The highest BCUT2D eigenvalue weighted by molar-refractivity contribution is 6.50. The summed E-state index contributed by atoms with van der Waals surface area (Å²) in [5.41, 5.74) is 3.41. The van der Waals surface area contributed by atoms with E-state index in [9.17, 15) is 0 Å². The number of benzene rings is 2. The van der Waals surface area contributed by atoms with Gasteiger partial charge in [0, 0.05) is 26.2 Å². The minimum atomic E-state index is 0.358. The maximum absolute atomic E-state index is 6.60. The summed E-state index contributed by atoms with van der Waals surface area (Å²) in [6.45, 7) is 3.71. The van der Waals surface area contributed by atoms with Crippen molar-refractivity contribution in [2.24, 2.45) is 4.99 Å². The Kier molecular flexibility index (Phi) is 4.54. The minimum absolute atomic E-state index is 0.358. The fourth-order valence-electron chi connectivity index (χ4n) is 3.15. The molecule has 2 aliphatic heterocycles. The van der Waals surface area contributed by atoms with E-state index in [-0.39, 0.29) is 0 Å². The molecule has 4 rings (SSSR count). The number of rotatable bonds is 0. The molecule has 1 saturated heterocycles. The summed E-state index contributed by atoms with van der Waals surface area (Å²) in [7, 11) is 2.13. The Labute approximate surface area is 162 Å². The first-order valence-electron chi connectivity index (χ1n) is 8.10. The maximum Gasteiger partial charge on any atom is 0.140 e. The van der Waals surface area contributed by atoms with E-state index in [0.29, 0.717) is 15.1 Å². The first kappa shape index (κ1) is 17.0. The third-order valence-electron chi connectivity index (χ3n) is 4.59. The number of nitrogens with zero attached hydrogens (tertiary/aromatic N) is 3. The largest absolute Gasteiger partial charge is 0.353 e. The van der Waals surface area contributed by atoms with E-state index in [4.69, 9.17) is 39.8 Å². The van der Waals surface area contributed by atoms with Crippen LogP contribution in [0.15, 0.2) is 35.3 Å². The van der Waals surface area contributed by atoms with E-state index in [0.717, 1.165) is 54.6 Å². The minimum Gasteiger partial charge on any atom is -0.353 e. The van der Waals surface area contributed by atoms with Gasteiger partial charge in [0.15, 0.2) is 0 Å². The molecular weight excluding hydrogens is 379 g/mol. The van der Waals surface area contributed by atoms with Gasteiger partial charge < -0.3 is 15.1 Å². The van der Waals surface area contributed by atoms with Crippen molar-refractivity contribution in [2.45, 2.75) is 0 Å². The number of para-hydroxylation sites is 2. The van der Waals surface area contributed by atoms with E-state index < -0.39 is 0 Å². The summed E-state index contributed by atoms with van der Waals surface area (Å²) in [6, 6.07) is 9.75. The first-order valence-corrected chi connectivity index (χ1v) is 9.24. The second-order valence-corrected chi connectivity index (χ2v) is 7.44. The van der Waals surface area contributed by atoms with E-state index in [2.05, 4.69) is 22.2 Å². The van der Waals surface area contributed by atoms with Gasteiger partial charge in [-0.15, -0.1) is 0 Å². The van der Waals surface area contributed by atoms with Crippen LogP contribution in [0, 0.1) is 0 Å². The highest BCUT2D eigenvalue weighted by Crippen LogP contribution is 2.43. The lowest BCUT2D eigenvalue weighted by molar-refractivity contribution is 0.216. The van der Waals surface area contributed by atoms with Crippen LogP contribution in [0.2, 0.25) is 15.1 Å². The van der Waals surface area contributed by atoms with Gasteiger partial charge in [-0.2, -0.15) is 0 Å². The number of aliphatic imine (C=N–C) groups is 1. The number of amidine groups is 1. The molecule has 2 aromatic rings. The SMILES string of the molecule is CN1CCN(C2=Nc3ccccc3Nc3cc(Cl)c(Cl)c(Cl)c32)CC1. The quantitative estimate of drug-likeness (QED) is 0.635. The monoisotopic (exact) mass is 394 g/mol. The molecule has 7 heteroatoms. The van der Waals surface area contributed by atoms with Crippen LogP contribution >= 0.6 is 34.8 Å².